The highest BCUT2D eigenvalue weighted by Gasteiger charge is 2.40. The van der Waals surface area contributed by atoms with Crippen molar-refractivity contribution in [3.63, 3.8) is 0 Å². The second-order valence-corrected chi connectivity index (χ2v) is 10.3. The Kier molecular flexibility index (Phi) is 11.3. The first-order valence-electron chi connectivity index (χ1n) is 12.8. The lowest BCUT2D eigenvalue weighted by atomic mass is 10.0. The van der Waals surface area contributed by atoms with Crippen LogP contribution < -0.4 is 10.5 Å². The van der Waals surface area contributed by atoms with Gasteiger partial charge in [0.2, 0.25) is 11.8 Å². The molecule has 2 aromatic carbocycles. The van der Waals surface area contributed by atoms with E-state index in [4.69, 9.17) is 20.6 Å². The lowest BCUT2D eigenvalue weighted by molar-refractivity contribution is -0.144. The number of nitrogen functional groups attached to an aromatic ring is 1. The zero-order valence-electron chi connectivity index (χ0n) is 22.5. The summed E-state index contributed by atoms with van der Waals surface area (Å²) in [4.78, 5) is 28.1. The quantitative estimate of drug-likeness (QED) is 0.139. The molecule has 0 radical (unpaired) electrons. The van der Waals surface area contributed by atoms with Crippen LogP contribution in [-0.4, -0.2) is 65.4 Å². The van der Waals surface area contributed by atoms with E-state index in [9.17, 15) is 9.59 Å². The van der Waals surface area contributed by atoms with Gasteiger partial charge in [0.05, 0.1) is 31.2 Å². The largest absolute Gasteiger partial charge is 0.474 e. The van der Waals surface area contributed by atoms with Crippen LogP contribution >= 0.6 is 24.2 Å². The van der Waals surface area contributed by atoms with E-state index in [1.165, 1.54) is 17.6 Å². The molecule has 0 unspecified atom stereocenters. The second-order valence-electron chi connectivity index (χ2n) is 9.41. The van der Waals surface area contributed by atoms with Crippen LogP contribution in [0.25, 0.3) is 11.3 Å². The number of nitrogens with zero attached hydrogens (tertiary/aromatic N) is 3. The number of amides is 1. The zero-order chi connectivity index (χ0) is 27.8. The number of thioether (sulfide) groups is 1. The van der Waals surface area contributed by atoms with Gasteiger partial charge in [-0.25, -0.2) is 0 Å². The second kappa shape index (κ2) is 14.7. The lowest BCUT2D eigenvalue weighted by Gasteiger charge is -2.24. The van der Waals surface area contributed by atoms with E-state index in [0.29, 0.717) is 30.1 Å². The molecule has 1 saturated heterocycles. The summed E-state index contributed by atoms with van der Waals surface area (Å²) in [6.07, 6.45) is 4.30. The minimum atomic E-state index is -0.418. The third-order valence-electron chi connectivity index (χ3n) is 6.85. The number of carbonyl (C=O) groups excluding carboxylic acids is 2. The highest BCUT2D eigenvalue weighted by atomic mass is 35.5. The molecule has 0 saturated carbocycles. The molecule has 1 aromatic heterocycles. The SMILES string of the molecule is COC(=O)C[C@@H]1C[C@@H](COc2ccc(-c3ccc(C(=N)N)cc3)nn2)N(CCCc2ccc(SC)cc2)C1=O.Cl. The molecular formula is C29H34ClN5O4S. The molecule has 3 N–H and O–H groups in total. The van der Waals surface area contributed by atoms with E-state index in [0.717, 1.165) is 18.4 Å². The van der Waals surface area contributed by atoms with Crippen LogP contribution in [0.4, 0.5) is 0 Å². The standard InChI is InChI=1S/C29H33N5O4S.ClH/c1-37-27(35)17-22-16-23(34(29(22)36)15-3-4-19-5-11-24(39-2)12-6-19)18-38-26-14-13-25(32-33-26)20-7-9-21(10-8-20)28(30)31;/h5-14,22-23H,3-4,15-18H2,1-2H3,(H3,30,31);1H/t22-,23-;/m0./s1. The predicted molar refractivity (Wildman–Crippen MR) is 158 cm³/mol. The Morgan fingerprint density at radius 2 is 1.82 bits per heavy atom. The molecule has 9 nitrogen and oxygen atoms in total. The number of benzene rings is 2. The Morgan fingerprint density at radius 3 is 2.42 bits per heavy atom. The molecule has 1 aliphatic rings. The van der Waals surface area contributed by atoms with E-state index in [1.807, 2.05) is 23.1 Å². The summed E-state index contributed by atoms with van der Waals surface area (Å²) < 4.78 is 10.8. The number of halogens is 1. The summed E-state index contributed by atoms with van der Waals surface area (Å²) in [7, 11) is 1.34. The first-order chi connectivity index (χ1) is 18.9. The van der Waals surface area contributed by atoms with Crippen LogP contribution in [0.3, 0.4) is 0 Å². The number of nitrogens with one attached hydrogen (secondary N) is 1. The molecule has 40 heavy (non-hydrogen) atoms. The number of ether oxygens (including phenoxy) is 2. The minimum Gasteiger partial charge on any atom is -0.474 e. The highest BCUT2D eigenvalue weighted by Crippen LogP contribution is 2.29. The van der Waals surface area contributed by atoms with Gasteiger partial charge in [0, 0.05) is 28.6 Å². The highest BCUT2D eigenvalue weighted by molar-refractivity contribution is 7.98. The first kappa shape index (κ1) is 30.9. The van der Waals surface area contributed by atoms with Crippen LogP contribution in [0.1, 0.15) is 30.4 Å². The zero-order valence-corrected chi connectivity index (χ0v) is 24.2. The fourth-order valence-corrected chi connectivity index (χ4v) is 5.08. The Balaban J connectivity index is 0.00000441. The monoisotopic (exact) mass is 583 g/mol. The Morgan fingerprint density at radius 1 is 1.10 bits per heavy atom. The number of aromatic nitrogens is 2. The van der Waals surface area contributed by atoms with E-state index in [1.54, 1.807) is 30.0 Å². The summed E-state index contributed by atoms with van der Waals surface area (Å²) in [5, 5.41) is 16.0. The number of rotatable bonds is 12. The number of likely N-dealkylation sites (tertiary alicyclic amines) is 1. The van der Waals surface area contributed by atoms with Crippen molar-refractivity contribution in [3.8, 4) is 17.1 Å². The van der Waals surface area contributed by atoms with Gasteiger partial charge in [-0.15, -0.1) is 34.4 Å². The number of hydrogen-bond donors (Lipinski definition) is 2. The van der Waals surface area contributed by atoms with E-state index in [2.05, 4.69) is 40.7 Å². The summed E-state index contributed by atoms with van der Waals surface area (Å²) in [5.41, 5.74) is 8.90. The maximum atomic E-state index is 13.2. The van der Waals surface area contributed by atoms with Crippen molar-refractivity contribution in [2.75, 3.05) is 26.5 Å². The number of esters is 1. The number of nitrogens with two attached hydrogens (primary N) is 1. The van der Waals surface area contributed by atoms with Gasteiger partial charge >= 0.3 is 5.97 Å². The maximum Gasteiger partial charge on any atom is 0.306 e. The molecule has 0 bridgehead atoms. The number of aryl methyl sites for hydroxylation is 1. The van der Waals surface area contributed by atoms with Crippen molar-refractivity contribution in [1.82, 2.24) is 15.1 Å². The van der Waals surface area contributed by atoms with E-state index >= 15 is 0 Å². The lowest BCUT2D eigenvalue weighted by Crippen LogP contribution is -2.38. The average molecular weight is 584 g/mol. The fourth-order valence-electron chi connectivity index (χ4n) is 4.68. The van der Waals surface area contributed by atoms with E-state index in [-0.39, 0.29) is 49.2 Å². The smallest absolute Gasteiger partial charge is 0.306 e. The summed E-state index contributed by atoms with van der Waals surface area (Å²) in [5.74, 6) is -0.478. The molecular weight excluding hydrogens is 550 g/mol. The van der Waals surface area contributed by atoms with Crippen molar-refractivity contribution in [2.45, 2.75) is 36.6 Å². The molecule has 4 rings (SSSR count). The molecule has 0 spiro atoms. The predicted octanol–water partition coefficient (Wildman–Crippen LogP) is 4.36. The molecule has 0 aliphatic carbocycles. The maximum absolute atomic E-state index is 13.2. The van der Waals surface area contributed by atoms with Crippen LogP contribution in [0.15, 0.2) is 65.6 Å². The minimum absolute atomic E-state index is 0. The normalized spacial score (nSPS) is 16.4. The van der Waals surface area contributed by atoms with Crippen molar-refractivity contribution in [2.24, 2.45) is 11.7 Å². The molecule has 1 aliphatic heterocycles. The van der Waals surface area contributed by atoms with Crippen molar-refractivity contribution >= 4 is 41.9 Å². The van der Waals surface area contributed by atoms with Gasteiger partial charge in [0.1, 0.15) is 12.4 Å². The summed E-state index contributed by atoms with van der Waals surface area (Å²) >= 11 is 1.71. The van der Waals surface area contributed by atoms with Gasteiger partial charge < -0.3 is 20.1 Å². The fraction of sp³-hybridized carbons (Fsp3) is 0.345. The van der Waals surface area contributed by atoms with E-state index < -0.39 is 5.92 Å². The molecule has 2 atom stereocenters. The van der Waals surface area contributed by atoms with Crippen LogP contribution in [0.5, 0.6) is 5.88 Å². The third-order valence-corrected chi connectivity index (χ3v) is 7.59. The molecule has 3 aromatic rings. The molecule has 1 fully saturated rings. The van der Waals surface area contributed by atoms with Crippen LogP contribution in [0.2, 0.25) is 0 Å². The van der Waals surface area contributed by atoms with Crippen molar-refractivity contribution in [1.29, 1.82) is 5.41 Å². The van der Waals surface area contributed by atoms with Gasteiger partial charge in [0.25, 0.3) is 0 Å². The summed E-state index contributed by atoms with van der Waals surface area (Å²) in [6.45, 7) is 0.836. The molecule has 2 heterocycles. The summed E-state index contributed by atoms with van der Waals surface area (Å²) in [6, 6.07) is 19.0. The van der Waals surface area contributed by atoms with Crippen molar-refractivity contribution in [3.05, 3.63) is 71.8 Å². The van der Waals surface area contributed by atoms with Crippen molar-refractivity contribution < 1.29 is 19.1 Å². The molecule has 212 valence electrons. The Bertz CT molecular complexity index is 1290. The Labute approximate surface area is 244 Å². The number of hydrogen-bond acceptors (Lipinski definition) is 8. The van der Waals surface area contributed by atoms with Gasteiger partial charge in [-0.3, -0.25) is 15.0 Å². The molecule has 11 heteroatoms. The van der Waals surface area contributed by atoms with Crippen LogP contribution in [-0.2, 0) is 20.7 Å². The number of methoxy groups -OCH3 is 1. The molecule has 1 amide bonds. The first-order valence-corrected chi connectivity index (χ1v) is 14.0. The average Bonchev–Trinajstić information content (AvgIpc) is 3.26. The Hall–Kier alpha value is -3.63. The van der Waals surface area contributed by atoms with Gasteiger partial charge in [-0.2, -0.15) is 0 Å². The number of carbonyl (C=O) groups is 2. The van der Waals surface area contributed by atoms with Gasteiger partial charge in [-0.05, 0) is 49.3 Å². The van der Waals surface area contributed by atoms with Crippen LogP contribution in [0, 0.1) is 11.3 Å². The third kappa shape index (κ3) is 7.95. The van der Waals surface area contributed by atoms with Gasteiger partial charge in [0.15, 0.2) is 0 Å². The van der Waals surface area contributed by atoms with Gasteiger partial charge in [-0.1, -0.05) is 36.4 Å². The topological polar surface area (TPSA) is 131 Å². The number of amidine groups is 1.